The molecule has 0 aromatic heterocycles. The summed E-state index contributed by atoms with van der Waals surface area (Å²) in [5, 5.41) is 0. The lowest BCUT2D eigenvalue weighted by molar-refractivity contribution is -0.150. The highest BCUT2D eigenvalue weighted by Gasteiger charge is 2.17. The number of hydrogen-bond acceptors (Lipinski definition) is 12. The Kier molecular flexibility index (Phi) is 45.4. The van der Waals surface area contributed by atoms with E-state index in [-0.39, 0.29) is 18.5 Å². The lowest BCUT2D eigenvalue weighted by Crippen LogP contribution is -2.20. The molecule has 0 fully saturated rings. The average molecular weight is 753 g/mol. The van der Waals surface area contributed by atoms with Gasteiger partial charge in [-0.2, -0.15) is 0 Å². The first-order valence-corrected chi connectivity index (χ1v) is 20.7. The molecular weight excluding hydrogens is 672 g/mol. The molecule has 1 atom stereocenters. The monoisotopic (exact) mass is 753 g/mol. The van der Waals surface area contributed by atoms with E-state index in [4.69, 9.17) is 52.1 Å². The van der Waals surface area contributed by atoms with Gasteiger partial charge >= 0.3 is 5.97 Å². The maximum atomic E-state index is 12.0. The SMILES string of the molecule is CCCCCCCCCCCCOCCOCCOCCOCCOCCOCCOCCOCCOCCOCCOC(=O)C(CC)CCCC. The van der Waals surface area contributed by atoms with Crippen molar-refractivity contribution in [1.29, 1.82) is 0 Å². The van der Waals surface area contributed by atoms with Gasteiger partial charge in [-0.1, -0.05) is 91.4 Å². The average Bonchev–Trinajstić information content (AvgIpc) is 3.15. The summed E-state index contributed by atoms with van der Waals surface area (Å²) in [6.45, 7) is 17.3. The zero-order valence-electron chi connectivity index (χ0n) is 33.7. The number of rotatable bonds is 46. The van der Waals surface area contributed by atoms with Gasteiger partial charge in [-0.25, -0.2) is 0 Å². The van der Waals surface area contributed by atoms with Crippen LogP contribution in [0, 0.1) is 5.92 Å². The molecule has 0 saturated heterocycles. The molecule has 12 nitrogen and oxygen atoms in total. The van der Waals surface area contributed by atoms with E-state index < -0.39 is 0 Å². The topological polar surface area (TPSA) is 119 Å². The highest BCUT2D eigenvalue weighted by Crippen LogP contribution is 2.14. The first-order valence-electron chi connectivity index (χ1n) is 20.7. The third kappa shape index (κ3) is 41.8. The molecule has 312 valence electrons. The first-order chi connectivity index (χ1) is 25.8. The van der Waals surface area contributed by atoms with Gasteiger partial charge in [0.1, 0.15) is 6.61 Å². The summed E-state index contributed by atoms with van der Waals surface area (Å²) >= 11 is 0. The Morgan fingerprint density at radius 3 is 0.904 bits per heavy atom. The van der Waals surface area contributed by atoms with Crippen LogP contribution < -0.4 is 0 Å². The van der Waals surface area contributed by atoms with Gasteiger partial charge in [0.05, 0.1) is 131 Å². The molecule has 0 aromatic rings. The summed E-state index contributed by atoms with van der Waals surface area (Å²) in [6.07, 6.45) is 17.2. The summed E-state index contributed by atoms with van der Waals surface area (Å²) < 4.78 is 60.5. The van der Waals surface area contributed by atoms with Crippen LogP contribution in [0.25, 0.3) is 0 Å². The van der Waals surface area contributed by atoms with Crippen LogP contribution >= 0.6 is 0 Å². The van der Waals surface area contributed by atoms with Crippen LogP contribution in [-0.2, 0) is 56.9 Å². The Morgan fingerprint density at radius 2 is 0.596 bits per heavy atom. The maximum absolute atomic E-state index is 12.0. The molecule has 0 aliphatic heterocycles. The molecule has 0 saturated carbocycles. The zero-order valence-corrected chi connectivity index (χ0v) is 33.7. The highest BCUT2D eigenvalue weighted by molar-refractivity contribution is 5.72. The lowest BCUT2D eigenvalue weighted by atomic mass is 10.00. The van der Waals surface area contributed by atoms with E-state index in [0.29, 0.717) is 126 Å². The van der Waals surface area contributed by atoms with Crippen LogP contribution in [0.3, 0.4) is 0 Å². The van der Waals surface area contributed by atoms with E-state index in [2.05, 4.69) is 13.8 Å². The molecule has 52 heavy (non-hydrogen) atoms. The highest BCUT2D eigenvalue weighted by atomic mass is 16.6. The molecule has 0 N–H and O–H groups in total. The van der Waals surface area contributed by atoms with E-state index in [9.17, 15) is 4.79 Å². The van der Waals surface area contributed by atoms with E-state index in [0.717, 1.165) is 38.7 Å². The lowest BCUT2D eigenvalue weighted by Gasteiger charge is -2.13. The largest absolute Gasteiger partial charge is 0.463 e. The number of ether oxygens (including phenoxy) is 11. The van der Waals surface area contributed by atoms with Crippen molar-refractivity contribution in [2.75, 3.05) is 139 Å². The molecule has 12 heteroatoms. The maximum Gasteiger partial charge on any atom is 0.308 e. The Labute approximate surface area is 317 Å². The quantitative estimate of drug-likeness (QED) is 0.0479. The van der Waals surface area contributed by atoms with Crippen LogP contribution in [0.5, 0.6) is 0 Å². The van der Waals surface area contributed by atoms with Crippen molar-refractivity contribution in [3.63, 3.8) is 0 Å². The van der Waals surface area contributed by atoms with Crippen LogP contribution in [0.15, 0.2) is 0 Å². The van der Waals surface area contributed by atoms with Crippen molar-refractivity contribution >= 4 is 5.97 Å². The molecular formula is C40H80O12. The Morgan fingerprint density at radius 1 is 0.327 bits per heavy atom. The van der Waals surface area contributed by atoms with Crippen molar-refractivity contribution in [2.24, 2.45) is 5.92 Å². The van der Waals surface area contributed by atoms with E-state index in [1.165, 1.54) is 57.8 Å². The molecule has 0 spiro atoms. The van der Waals surface area contributed by atoms with Gasteiger partial charge in [-0.15, -0.1) is 0 Å². The predicted octanol–water partition coefficient (Wildman–Crippen LogP) is 6.83. The minimum Gasteiger partial charge on any atom is -0.463 e. The minimum atomic E-state index is -0.117. The van der Waals surface area contributed by atoms with E-state index in [1.54, 1.807) is 0 Å². The molecule has 0 aliphatic carbocycles. The molecule has 1 unspecified atom stereocenters. The van der Waals surface area contributed by atoms with Crippen LogP contribution in [0.2, 0.25) is 0 Å². The Balaban J connectivity index is 3.12. The standard InChI is InChI=1S/C40H80O12/c1-4-7-9-10-11-12-13-14-15-16-18-42-19-20-43-21-22-44-23-24-45-25-26-46-27-28-47-29-30-48-31-32-49-33-34-50-35-36-51-37-38-52-40(41)39(6-3)17-8-5-2/h39H,4-38H2,1-3H3. The number of unbranched alkanes of at least 4 members (excludes halogenated alkanes) is 10. The second-order valence-electron chi connectivity index (χ2n) is 12.7. The fourth-order valence-electron chi connectivity index (χ4n) is 5.03. The zero-order chi connectivity index (χ0) is 37.7. The molecule has 0 rings (SSSR count). The normalized spacial score (nSPS) is 12.1. The molecule has 0 amide bonds. The fourth-order valence-corrected chi connectivity index (χ4v) is 5.03. The number of carbonyl (C=O) groups excluding carboxylic acids is 1. The van der Waals surface area contributed by atoms with Gasteiger partial charge in [-0.05, 0) is 19.3 Å². The van der Waals surface area contributed by atoms with Crippen LogP contribution in [-0.4, -0.2) is 145 Å². The molecule has 0 bridgehead atoms. The van der Waals surface area contributed by atoms with Crippen molar-refractivity contribution in [2.45, 2.75) is 111 Å². The number of carbonyl (C=O) groups is 1. The minimum absolute atomic E-state index is 0.00127. The summed E-state index contributed by atoms with van der Waals surface area (Å²) in [6, 6.07) is 0. The van der Waals surface area contributed by atoms with Crippen molar-refractivity contribution < 1.29 is 56.9 Å². The molecule has 0 radical (unpaired) electrons. The van der Waals surface area contributed by atoms with Crippen molar-refractivity contribution in [3.8, 4) is 0 Å². The molecule has 0 aromatic carbocycles. The second kappa shape index (κ2) is 46.2. The van der Waals surface area contributed by atoms with Crippen LogP contribution in [0.1, 0.15) is 111 Å². The van der Waals surface area contributed by atoms with Crippen molar-refractivity contribution in [3.05, 3.63) is 0 Å². The summed E-state index contributed by atoms with van der Waals surface area (Å²) in [7, 11) is 0. The van der Waals surface area contributed by atoms with Gasteiger partial charge in [0.15, 0.2) is 0 Å². The smallest absolute Gasteiger partial charge is 0.308 e. The number of esters is 1. The number of hydrogen-bond donors (Lipinski definition) is 0. The second-order valence-corrected chi connectivity index (χ2v) is 12.7. The third-order valence-electron chi connectivity index (χ3n) is 8.19. The van der Waals surface area contributed by atoms with Gasteiger partial charge in [0.2, 0.25) is 0 Å². The first kappa shape index (κ1) is 51.1. The van der Waals surface area contributed by atoms with Gasteiger partial charge in [0, 0.05) is 6.61 Å². The van der Waals surface area contributed by atoms with Crippen LogP contribution in [0.4, 0.5) is 0 Å². The van der Waals surface area contributed by atoms with E-state index >= 15 is 0 Å². The fraction of sp³-hybridized carbons (Fsp3) is 0.975. The van der Waals surface area contributed by atoms with Gasteiger partial charge in [0.25, 0.3) is 0 Å². The van der Waals surface area contributed by atoms with E-state index in [1.807, 2.05) is 6.92 Å². The Hall–Kier alpha value is -0.930. The van der Waals surface area contributed by atoms with Crippen molar-refractivity contribution in [1.82, 2.24) is 0 Å². The predicted molar refractivity (Wildman–Crippen MR) is 204 cm³/mol. The summed E-state index contributed by atoms with van der Waals surface area (Å²) in [4.78, 5) is 12.0. The Bertz CT molecular complexity index is 672. The molecule has 0 aliphatic rings. The van der Waals surface area contributed by atoms with Gasteiger partial charge < -0.3 is 52.1 Å². The molecule has 0 heterocycles. The summed E-state index contributed by atoms with van der Waals surface area (Å²) in [5.41, 5.74) is 0. The third-order valence-corrected chi connectivity index (χ3v) is 8.19. The summed E-state index contributed by atoms with van der Waals surface area (Å²) in [5.74, 6) is -0.118. The van der Waals surface area contributed by atoms with Gasteiger partial charge in [-0.3, -0.25) is 4.79 Å².